The van der Waals surface area contributed by atoms with Gasteiger partial charge >= 0.3 is 0 Å². The van der Waals surface area contributed by atoms with Gasteiger partial charge in [-0.05, 0) is 40.2 Å². The van der Waals surface area contributed by atoms with Gasteiger partial charge in [0, 0.05) is 19.1 Å². The van der Waals surface area contributed by atoms with E-state index in [1.165, 1.54) is 0 Å². The van der Waals surface area contributed by atoms with Gasteiger partial charge in [0.2, 0.25) is 0 Å². The molecule has 0 aromatic carbocycles. The highest BCUT2D eigenvalue weighted by Crippen LogP contribution is 2.15. The maximum absolute atomic E-state index is 9.80. The second-order valence-electron chi connectivity index (χ2n) is 5.29. The van der Waals surface area contributed by atoms with Crippen LogP contribution in [-0.4, -0.2) is 54.0 Å². The lowest BCUT2D eigenvalue weighted by Gasteiger charge is -2.37. The number of aliphatic hydroxyl groups is 1. The van der Waals surface area contributed by atoms with Crippen LogP contribution in [0, 0.1) is 0 Å². The normalized spacial score (nSPS) is 31.3. The van der Waals surface area contributed by atoms with E-state index in [4.69, 9.17) is 10.5 Å². The second-order valence-corrected chi connectivity index (χ2v) is 5.29. The van der Waals surface area contributed by atoms with Crippen LogP contribution in [0.25, 0.3) is 0 Å². The maximum atomic E-state index is 9.80. The monoisotopic (exact) mass is 230 g/mol. The van der Waals surface area contributed by atoms with Crippen LogP contribution in [0.3, 0.4) is 0 Å². The zero-order valence-corrected chi connectivity index (χ0v) is 10.8. The molecule has 16 heavy (non-hydrogen) atoms. The van der Waals surface area contributed by atoms with Gasteiger partial charge in [0.15, 0.2) is 0 Å². The molecule has 3 unspecified atom stereocenters. The van der Waals surface area contributed by atoms with Gasteiger partial charge in [0.1, 0.15) is 0 Å². The lowest BCUT2D eigenvalue weighted by molar-refractivity contribution is -0.0516. The van der Waals surface area contributed by atoms with Crippen molar-refractivity contribution in [2.24, 2.45) is 5.73 Å². The molecular weight excluding hydrogens is 204 g/mol. The van der Waals surface area contributed by atoms with Crippen LogP contribution < -0.4 is 5.73 Å². The third-order valence-electron chi connectivity index (χ3n) is 3.34. The van der Waals surface area contributed by atoms with E-state index in [1.807, 2.05) is 0 Å². The number of morpholine rings is 1. The summed E-state index contributed by atoms with van der Waals surface area (Å²) in [7, 11) is 0. The maximum Gasteiger partial charge on any atom is 0.0741 e. The summed E-state index contributed by atoms with van der Waals surface area (Å²) in [6.07, 6.45) is 2.08. The van der Waals surface area contributed by atoms with Crippen molar-refractivity contribution in [3.8, 4) is 0 Å². The summed E-state index contributed by atoms with van der Waals surface area (Å²) >= 11 is 0. The summed E-state index contributed by atoms with van der Waals surface area (Å²) in [6.45, 7) is 9.26. The minimum atomic E-state index is -0.707. The van der Waals surface area contributed by atoms with Crippen molar-refractivity contribution in [3.05, 3.63) is 0 Å². The first-order chi connectivity index (χ1) is 7.44. The molecular formula is C12H26N2O2. The molecule has 0 amide bonds. The smallest absolute Gasteiger partial charge is 0.0741 e. The molecule has 3 N–H and O–H groups in total. The van der Waals surface area contributed by atoms with Gasteiger partial charge in [-0.15, -0.1) is 0 Å². The number of nitrogens with two attached hydrogens (primary N) is 1. The van der Waals surface area contributed by atoms with Crippen LogP contribution in [0.1, 0.15) is 33.6 Å². The molecule has 0 saturated carbocycles. The highest BCUT2D eigenvalue weighted by atomic mass is 16.5. The van der Waals surface area contributed by atoms with Gasteiger partial charge in [-0.2, -0.15) is 0 Å². The fourth-order valence-corrected chi connectivity index (χ4v) is 2.05. The zero-order valence-electron chi connectivity index (χ0n) is 10.8. The molecule has 4 heteroatoms. The SMILES string of the molecule is CC1CN(CCCC(C)(O)CN)C(C)CO1. The van der Waals surface area contributed by atoms with Crippen molar-refractivity contribution in [1.82, 2.24) is 4.90 Å². The van der Waals surface area contributed by atoms with E-state index >= 15 is 0 Å². The number of rotatable bonds is 5. The predicted octanol–water partition coefficient (Wildman–Crippen LogP) is 0.586. The molecule has 0 spiro atoms. The van der Waals surface area contributed by atoms with E-state index in [1.54, 1.807) is 6.92 Å². The van der Waals surface area contributed by atoms with Crippen molar-refractivity contribution in [2.75, 3.05) is 26.2 Å². The summed E-state index contributed by atoms with van der Waals surface area (Å²) in [5.74, 6) is 0. The Hall–Kier alpha value is -0.160. The van der Waals surface area contributed by atoms with Crippen LogP contribution in [0.2, 0.25) is 0 Å². The van der Waals surface area contributed by atoms with E-state index < -0.39 is 5.60 Å². The van der Waals surface area contributed by atoms with E-state index in [2.05, 4.69) is 18.7 Å². The van der Waals surface area contributed by atoms with Gasteiger partial charge in [-0.25, -0.2) is 0 Å². The van der Waals surface area contributed by atoms with Crippen LogP contribution >= 0.6 is 0 Å². The second kappa shape index (κ2) is 5.96. The first-order valence-corrected chi connectivity index (χ1v) is 6.23. The van der Waals surface area contributed by atoms with Gasteiger partial charge < -0.3 is 15.6 Å². The van der Waals surface area contributed by atoms with Crippen molar-refractivity contribution in [1.29, 1.82) is 0 Å². The van der Waals surface area contributed by atoms with Gasteiger partial charge in [0.05, 0.1) is 18.3 Å². The van der Waals surface area contributed by atoms with Gasteiger partial charge in [-0.1, -0.05) is 0 Å². The number of hydrogen-bond acceptors (Lipinski definition) is 4. The number of nitrogens with zero attached hydrogens (tertiary/aromatic N) is 1. The molecule has 0 radical (unpaired) electrons. The summed E-state index contributed by atoms with van der Waals surface area (Å²) in [6, 6.07) is 0.485. The van der Waals surface area contributed by atoms with Crippen molar-refractivity contribution in [2.45, 2.75) is 51.4 Å². The fraction of sp³-hybridized carbons (Fsp3) is 1.00. The first kappa shape index (κ1) is 13.9. The lowest BCUT2D eigenvalue weighted by atomic mass is 10.00. The molecule has 1 fully saturated rings. The number of ether oxygens (including phenoxy) is 1. The minimum absolute atomic E-state index is 0.325. The summed E-state index contributed by atoms with van der Waals surface area (Å²) in [5.41, 5.74) is 4.78. The fourth-order valence-electron chi connectivity index (χ4n) is 2.05. The van der Waals surface area contributed by atoms with Crippen molar-refractivity contribution >= 4 is 0 Å². The molecule has 3 atom stereocenters. The van der Waals surface area contributed by atoms with Crippen LogP contribution in [0.15, 0.2) is 0 Å². The third-order valence-corrected chi connectivity index (χ3v) is 3.34. The van der Waals surface area contributed by atoms with Crippen LogP contribution in [0.4, 0.5) is 0 Å². The average Bonchev–Trinajstić information content (AvgIpc) is 2.23. The molecule has 0 bridgehead atoms. The van der Waals surface area contributed by atoms with Gasteiger partial charge in [0.25, 0.3) is 0 Å². The van der Waals surface area contributed by atoms with E-state index in [0.29, 0.717) is 18.7 Å². The Balaban J connectivity index is 2.26. The average molecular weight is 230 g/mol. The standard InChI is InChI=1S/C12H26N2O2/c1-10-8-16-11(2)7-14(10)6-4-5-12(3,15)9-13/h10-11,15H,4-9,13H2,1-3H3. The van der Waals surface area contributed by atoms with Crippen LogP contribution in [0.5, 0.6) is 0 Å². The molecule has 0 aromatic rings. The topological polar surface area (TPSA) is 58.7 Å². The molecule has 4 nitrogen and oxygen atoms in total. The molecule has 1 aliphatic heterocycles. The molecule has 1 rings (SSSR count). The van der Waals surface area contributed by atoms with E-state index in [-0.39, 0.29) is 0 Å². The Morgan fingerprint density at radius 3 is 2.81 bits per heavy atom. The Morgan fingerprint density at radius 2 is 2.19 bits per heavy atom. The quantitative estimate of drug-likeness (QED) is 0.725. The highest BCUT2D eigenvalue weighted by Gasteiger charge is 2.24. The molecule has 1 aliphatic rings. The predicted molar refractivity (Wildman–Crippen MR) is 65.4 cm³/mol. The Bertz CT molecular complexity index is 209. The zero-order chi connectivity index (χ0) is 12.2. The molecule has 1 saturated heterocycles. The van der Waals surface area contributed by atoms with Crippen molar-refractivity contribution < 1.29 is 9.84 Å². The Morgan fingerprint density at radius 1 is 1.50 bits per heavy atom. The molecule has 1 heterocycles. The van der Waals surface area contributed by atoms with Crippen molar-refractivity contribution in [3.63, 3.8) is 0 Å². The first-order valence-electron chi connectivity index (χ1n) is 6.23. The lowest BCUT2D eigenvalue weighted by Crippen LogP contribution is -2.48. The molecule has 0 aromatic heterocycles. The van der Waals surface area contributed by atoms with Crippen LogP contribution in [-0.2, 0) is 4.74 Å². The summed E-state index contributed by atoms with van der Waals surface area (Å²) < 4.78 is 5.58. The van der Waals surface area contributed by atoms with E-state index in [9.17, 15) is 5.11 Å². The van der Waals surface area contributed by atoms with Gasteiger partial charge in [-0.3, -0.25) is 4.90 Å². The summed E-state index contributed by atoms with van der Waals surface area (Å²) in [4.78, 5) is 2.43. The Kier molecular flexibility index (Phi) is 5.18. The largest absolute Gasteiger partial charge is 0.389 e. The summed E-state index contributed by atoms with van der Waals surface area (Å²) in [5, 5.41) is 9.80. The number of hydrogen-bond donors (Lipinski definition) is 2. The third kappa shape index (κ3) is 4.37. The van der Waals surface area contributed by atoms with E-state index in [0.717, 1.165) is 32.5 Å². The minimum Gasteiger partial charge on any atom is -0.389 e. The highest BCUT2D eigenvalue weighted by molar-refractivity contribution is 4.78. The molecule has 96 valence electrons. The Labute approximate surface area is 98.8 Å². The molecule has 0 aliphatic carbocycles.